The molecule has 0 radical (unpaired) electrons. The number of hydrogen-bond donors (Lipinski definition) is 1. The standard InChI is InChI=1S/C25H29ClN2O6/c1-6-34-18-11-10-15(14-17(18)26)22(29)20-21(16-8-7-9-19(32-4)24(16)33-5)28(13-12-27(2)3)25(31)23(20)30/h7-11,14,21,29H,6,12-13H2,1-5H3. The highest BCUT2D eigenvalue weighted by atomic mass is 35.5. The van der Waals surface area contributed by atoms with Crippen LogP contribution in [-0.4, -0.2) is 74.6 Å². The minimum atomic E-state index is -0.879. The van der Waals surface area contributed by atoms with Crippen LogP contribution in [-0.2, 0) is 9.59 Å². The SMILES string of the molecule is CCOc1ccc(C(O)=C2C(=O)C(=O)N(CCN(C)C)C2c2cccc(OC)c2OC)cc1Cl. The summed E-state index contributed by atoms with van der Waals surface area (Å²) in [6.45, 7) is 3.05. The van der Waals surface area contributed by atoms with Crippen molar-refractivity contribution in [1.29, 1.82) is 0 Å². The molecule has 1 amide bonds. The van der Waals surface area contributed by atoms with Crippen LogP contribution in [0.1, 0.15) is 24.1 Å². The summed E-state index contributed by atoms with van der Waals surface area (Å²) < 4.78 is 16.5. The first-order chi connectivity index (χ1) is 16.2. The van der Waals surface area contributed by atoms with E-state index in [2.05, 4.69) is 0 Å². The molecule has 1 N–H and O–H groups in total. The Morgan fingerprint density at radius 1 is 1.12 bits per heavy atom. The zero-order valence-electron chi connectivity index (χ0n) is 19.9. The summed E-state index contributed by atoms with van der Waals surface area (Å²) in [4.78, 5) is 29.7. The fourth-order valence-corrected chi connectivity index (χ4v) is 4.18. The zero-order valence-corrected chi connectivity index (χ0v) is 20.7. The molecule has 1 saturated heterocycles. The van der Waals surface area contributed by atoms with Gasteiger partial charge in [0.2, 0.25) is 0 Å². The van der Waals surface area contributed by atoms with Crippen LogP contribution in [0.25, 0.3) is 5.76 Å². The third-order valence-electron chi connectivity index (χ3n) is 5.56. The molecule has 1 fully saturated rings. The molecule has 0 spiro atoms. The number of para-hydroxylation sites is 1. The molecule has 0 aromatic heterocycles. The molecule has 3 rings (SSSR count). The van der Waals surface area contributed by atoms with Gasteiger partial charge in [0.25, 0.3) is 11.7 Å². The van der Waals surface area contributed by atoms with Crippen LogP contribution in [0.4, 0.5) is 0 Å². The Bertz CT molecular complexity index is 1110. The number of benzene rings is 2. The summed E-state index contributed by atoms with van der Waals surface area (Å²) in [7, 11) is 6.74. The van der Waals surface area contributed by atoms with Crippen molar-refractivity contribution >= 4 is 29.1 Å². The second kappa shape index (κ2) is 10.8. The van der Waals surface area contributed by atoms with Gasteiger partial charge >= 0.3 is 0 Å². The maximum absolute atomic E-state index is 13.2. The topological polar surface area (TPSA) is 88.5 Å². The third-order valence-corrected chi connectivity index (χ3v) is 5.86. The van der Waals surface area contributed by atoms with Crippen molar-refractivity contribution in [3.63, 3.8) is 0 Å². The molecule has 2 aromatic carbocycles. The van der Waals surface area contributed by atoms with Crippen molar-refractivity contribution < 1.29 is 28.9 Å². The predicted molar refractivity (Wildman–Crippen MR) is 130 cm³/mol. The molecule has 9 heteroatoms. The number of amides is 1. The van der Waals surface area contributed by atoms with Gasteiger partial charge in [-0.1, -0.05) is 23.7 Å². The second-order valence-corrected chi connectivity index (χ2v) is 8.36. The first kappa shape index (κ1) is 25.4. The highest BCUT2D eigenvalue weighted by Crippen LogP contribution is 2.45. The lowest BCUT2D eigenvalue weighted by atomic mass is 9.94. The van der Waals surface area contributed by atoms with Gasteiger partial charge < -0.3 is 29.1 Å². The number of likely N-dealkylation sites (N-methyl/N-ethyl adjacent to an activating group) is 1. The molecule has 0 aliphatic carbocycles. The fraction of sp³-hybridized carbons (Fsp3) is 0.360. The number of ether oxygens (including phenoxy) is 3. The van der Waals surface area contributed by atoms with Crippen LogP contribution in [0.3, 0.4) is 0 Å². The van der Waals surface area contributed by atoms with E-state index < -0.39 is 17.7 Å². The van der Waals surface area contributed by atoms with Gasteiger partial charge in [0.15, 0.2) is 11.5 Å². The number of ketones is 1. The number of carbonyl (C=O) groups is 2. The summed E-state index contributed by atoms with van der Waals surface area (Å²) >= 11 is 6.31. The normalized spacial score (nSPS) is 17.4. The first-order valence-electron chi connectivity index (χ1n) is 10.8. The molecule has 1 heterocycles. The number of aliphatic hydroxyl groups is 1. The van der Waals surface area contributed by atoms with Gasteiger partial charge in [0, 0.05) is 24.2 Å². The quantitative estimate of drug-likeness (QED) is 0.327. The first-order valence-corrected chi connectivity index (χ1v) is 11.2. The van der Waals surface area contributed by atoms with Crippen molar-refractivity contribution in [3.05, 3.63) is 58.1 Å². The number of halogens is 1. The van der Waals surface area contributed by atoms with Crippen molar-refractivity contribution in [2.75, 3.05) is 48.0 Å². The summed E-state index contributed by atoms with van der Waals surface area (Å²) in [6, 6.07) is 9.06. The van der Waals surface area contributed by atoms with E-state index in [1.54, 1.807) is 30.3 Å². The Morgan fingerprint density at radius 2 is 1.85 bits per heavy atom. The maximum Gasteiger partial charge on any atom is 0.295 e. The van der Waals surface area contributed by atoms with Crippen molar-refractivity contribution in [2.45, 2.75) is 13.0 Å². The van der Waals surface area contributed by atoms with Crippen LogP contribution >= 0.6 is 11.6 Å². The summed E-state index contributed by atoms with van der Waals surface area (Å²) in [5, 5.41) is 11.5. The molecule has 1 atom stereocenters. The molecular formula is C25H29ClN2O6. The number of carbonyl (C=O) groups excluding carboxylic acids is 2. The lowest BCUT2D eigenvalue weighted by Gasteiger charge is -2.28. The minimum Gasteiger partial charge on any atom is -0.507 e. The summed E-state index contributed by atoms with van der Waals surface area (Å²) in [5.41, 5.74) is 0.778. The van der Waals surface area contributed by atoms with Gasteiger partial charge in [-0.15, -0.1) is 0 Å². The van der Waals surface area contributed by atoms with Crippen LogP contribution in [0.15, 0.2) is 42.0 Å². The van der Waals surface area contributed by atoms with Gasteiger partial charge in [0.1, 0.15) is 11.5 Å². The lowest BCUT2D eigenvalue weighted by molar-refractivity contribution is -0.140. The third kappa shape index (κ3) is 4.83. The zero-order chi connectivity index (χ0) is 25.0. The van der Waals surface area contributed by atoms with Crippen molar-refractivity contribution in [3.8, 4) is 17.2 Å². The molecule has 0 bridgehead atoms. The molecule has 0 saturated carbocycles. The average Bonchev–Trinajstić information content (AvgIpc) is 3.07. The number of methoxy groups -OCH3 is 2. The van der Waals surface area contributed by atoms with Gasteiger partial charge in [-0.2, -0.15) is 0 Å². The molecule has 1 aliphatic rings. The smallest absolute Gasteiger partial charge is 0.295 e. The van der Waals surface area contributed by atoms with Crippen molar-refractivity contribution in [1.82, 2.24) is 9.80 Å². The molecule has 8 nitrogen and oxygen atoms in total. The number of rotatable bonds is 9. The maximum atomic E-state index is 13.2. The number of aliphatic hydroxyl groups excluding tert-OH is 1. The molecule has 1 aliphatic heterocycles. The number of likely N-dealkylation sites (tertiary alicyclic amines) is 1. The van der Waals surface area contributed by atoms with E-state index in [0.29, 0.717) is 41.5 Å². The molecule has 1 unspecified atom stereocenters. The van der Waals surface area contributed by atoms with E-state index >= 15 is 0 Å². The number of Topliss-reactive ketones (excluding diaryl/α,β-unsaturated/α-hetero) is 1. The van der Waals surface area contributed by atoms with E-state index in [9.17, 15) is 14.7 Å². The lowest BCUT2D eigenvalue weighted by Crippen LogP contribution is -2.35. The Kier molecular flexibility index (Phi) is 8.06. The Balaban J connectivity index is 2.22. The average molecular weight is 489 g/mol. The monoisotopic (exact) mass is 488 g/mol. The fourth-order valence-electron chi connectivity index (χ4n) is 3.95. The molecule has 2 aromatic rings. The number of hydrogen-bond acceptors (Lipinski definition) is 7. The van der Waals surface area contributed by atoms with Gasteiger partial charge in [-0.25, -0.2) is 0 Å². The highest BCUT2D eigenvalue weighted by molar-refractivity contribution is 6.46. The Labute approximate surface area is 204 Å². The van der Waals surface area contributed by atoms with Crippen LogP contribution in [0, 0.1) is 0 Å². The van der Waals surface area contributed by atoms with E-state index in [1.807, 2.05) is 25.9 Å². The van der Waals surface area contributed by atoms with E-state index in [0.717, 1.165) is 0 Å². The second-order valence-electron chi connectivity index (χ2n) is 7.96. The predicted octanol–water partition coefficient (Wildman–Crippen LogP) is 3.74. The van der Waals surface area contributed by atoms with Crippen molar-refractivity contribution in [2.24, 2.45) is 0 Å². The van der Waals surface area contributed by atoms with Crippen LogP contribution in [0.2, 0.25) is 5.02 Å². The Morgan fingerprint density at radius 3 is 2.44 bits per heavy atom. The van der Waals surface area contributed by atoms with Gasteiger partial charge in [-0.3, -0.25) is 9.59 Å². The van der Waals surface area contributed by atoms with E-state index in [4.69, 9.17) is 25.8 Å². The van der Waals surface area contributed by atoms with Gasteiger partial charge in [-0.05, 0) is 45.3 Å². The summed E-state index contributed by atoms with van der Waals surface area (Å²) in [5.74, 6) is -0.528. The molecular weight excluding hydrogens is 460 g/mol. The largest absolute Gasteiger partial charge is 0.507 e. The van der Waals surface area contributed by atoms with E-state index in [-0.39, 0.29) is 22.9 Å². The highest BCUT2D eigenvalue weighted by Gasteiger charge is 2.47. The Hall–Kier alpha value is -3.23. The van der Waals surface area contributed by atoms with E-state index in [1.165, 1.54) is 25.2 Å². The van der Waals surface area contributed by atoms with Crippen LogP contribution < -0.4 is 14.2 Å². The minimum absolute atomic E-state index is 0.0458. The van der Waals surface area contributed by atoms with Crippen LogP contribution in [0.5, 0.6) is 17.2 Å². The molecule has 182 valence electrons. The summed E-state index contributed by atoms with van der Waals surface area (Å²) in [6.07, 6.45) is 0. The molecule has 34 heavy (non-hydrogen) atoms. The number of nitrogens with zero attached hydrogens (tertiary/aromatic N) is 2. The van der Waals surface area contributed by atoms with Gasteiger partial charge in [0.05, 0.1) is 37.5 Å².